The van der Waals surface area contributed by atoms with Crippen molar-refractivity contribution in [3.63, 3.8) is 0 Å². The van der Waals surface area contributed by atoms with Gasteiger partial charge < -0.3 is 10.2 Å². The molecule has 0 aliphatic heterocycles. The molecule has 0 aromatic heterocycles. The van der Waals surface area contributed by atoms with Crippen molar-refractivity contribution in [2.45, 2.75) is 19.8 Å². The fraction of sp³-hybridized carbons (Fsp3) is 0.500. The van der Waals surface area contributed by atoms with Crippen molar-refractivity contribution in [3.05, 3.63) is 33.6 Å². The van der Waals surface area contributed by atoms with Crippen molar-refractivity contribution in [2.24, 2.45) is 5.92 Å². The Labute approximate surface area is 122 Å². The number of benzene rings is 1. The highest BCUT2D eigenvalue weighted by molar-refractivity contribution is 5.99. The molecular weight excluding hydrogens is 277 g/mol. The summed E-state index contributed by atoms with van der Waals surface area (Å²) in [5.74, 6) is -0.704. The number of nitrogens with zero attached hydrogens (tertiary/aromatic N) is 2. The lowest BCUT2D eigenvalue weighted by molar-refractivity contribution is -0.385. The quantitative estimate of drug-likeness (QED) is 0.646. The molecule has 21 heavy (non-hydrogen) atoms. The van der Waals surface area contributed by atoms with Crippen LogP contribution >= 0.6 is 0 Å². The molecular formula is C14H18FN3O3. The van der Waals surface area contributed by atoms with Gasteiger partial charge >= 0.3 is 0 Å². The monoisotopic (exact) mass is 295 g/mol. The van der Waals surface area contributed by atoms with Crippen molar-refractivity contribution in [1.82, 2.24) is 4.90 Å². The summed E-state index contributed by atoms with van der Waals surface area (Å²) in [6, 6.07) is 2.03. The molecule has 0 unspecified atom stereocenters. The number of hydrogen-bond acceptors (Lipinski definition) is 4. The summed E-state index contributed by atoms with van der Waals surface area (Å²) >= 11 is 0. The van der Waals surface area contributed by atoms with E-state index in [0.29, 0.717) is 19.0 Å². The molecule has 7 heteroatoms. The van der Waals surface area contributed by atoms with Gasteiger partial charge in [-0.3, -0.25) is 14.9 Å². The standard InChI is InChI=1S/C14H18FN3O3/c1-3-16-12-6-10(13(18(20)21)7-11(12)15)14(19)17(2)8-9-4-5-9/h6-7,9,16H,3-5,8H2,1-2H3. The molecule has 6 nitrogen and oxygen atoms in total. The van der Waals surface area contributed by atoms with Gasteiger partial charge in [0.05, 0.1) is 16.7 Å². The number of carbonyl (C=O) groups excluding carboxylic acids is 1. The fourth-order valence-electron chi connectivity index (χ4n) is 2.19. The summed E-state index contributed by atoms with van der Waals surface area (Å²) in [5.41, 5.74) is -0.478. The summed E-state index contributed by atoms with van der Waals surface area (Å²) < 4.78 is 13.8. The number of nitro benzene ring substituents is 1. The van der Waals surface area contributed by atoms with Gasteiger partial charge in [0.2, 0.25) is 0 Å². The van der Waals surface area contributed by atoms with Crippen LogP contribution < -0.4 is 5.32 Å². The van der Waals surface area contributed by atoms with Crippen molar-refractivity contribution in [3.8, 4) is 0 Å². The maximum atomic E-state index is 13.8. The molecule has 0 bridgehead atoms. The molecule has 2 rings (SSSR count). The Kier molecular flexibility index (Phi) is 4.40. The number of hydrogen-bond donors (Lipinski definition) is 1. The molecule has 0 radical (unpaired) electrons. The van der Waals surface area contributed by atoms with E-state index < -0.39 is 22.3 Å². The van der Waals surface area contributed by atoms with Crippen LogP contribution in [-0.4, -0.2) is 35.9 Å². The molecule has 1 fully saturated rings. The van der Waals surface area contributed by atoms with E-state index in [4.69, 9.17) is 0 Å². The van der Waals surface area contributed by atoms with E-state index in [2.05, 4.69) is 5.32 Å². The lowest BCUT2D eigenvalue weighted by atomic mass is 10.1. The van der Waals surface area contributed by atoms with Crippen molar-refractivity contribution >= 4 is 17.3 Å². The molecule has 1 aliphatic rings. The van der Waals surface area contributed by atoms with E-state index in [1.165, 1.54) is 11.0 Å². The first kappa shape index (κ1) is 15.2. The zero-order chi connectivity index (χ0) is 15.6. The van der Waals surface area contributed by atoms with E-state index in [1.807, 2.05) is 0 Å². The molecule has 0 atom stereocenters. The summed E-state index contributed by atoms with van der Waals surface area (Å²) in [5, 5.41) is 13.8. The van der Waals surface area contributed by atoms with E-state index in [9.17, 15) is 19.3 Å². The second kappa shape index (κ2) is 6.07. The number of halogens is 1. The first-order valence-corrected chi connectivity index (χ1v) is 6.91. The molecule has 0 heterocycles. The third-order valence-corrected chi connectivity index (χ3v) is 3.46. The Morgan fingerprint density at radius 3 is 2.71 bits per heavy atom. The Morgan fingerprint density at radius 1 is 1.52 bits per heavy atom. The second-order valence-corrected chi connectivity index (χ2v) is 5.27. The third-order valence-electron chi connectivity index (χ3n) is 3.46. The zero-order valence-electron chi connectivity index (χ0n) is 12.1. The van der Waals surface area contributed by atoms with Gasteiger partial charge in [-0.2, -0.15) is 0 Å². The van der Waals surface area contributed by atoms with Gasteiger partial charge in [-0.1, -0.05) is 0 Å². The number of rotatable bonds is 6. The van der Waals surface area contributed by atoms with Crippen LogP contribution in [0.1, 0.15) is 30.1 Å². The van der Waals surface area contributed by atoms with E-state index >= 15 is 0 Å². The van der Waals surface area contributed by atoms with E-state index in [-0.39, 0.29) is 11.3 Å². The number of nitrogens with one attached hydrogen (secondary N) is 1. The third kappa shape index (κ3) is 3.48. The minimum Gasteiger partial charge on any atom is -0.383 e. The SMILES string of the molecule is CCNc1cc(C(=O)N(C)CC2CC2)c([N+](=O)[O-])cc1F. The van der Waals surface area contributed by atoms with Gasteiger partial charge in [0.25, 0.3) is 11.6 Å². The molecule has 1 N–H and O–H groups in total. The van der Waals surface area contributed by atoms with Crippen molar-refractivity contribution in [2.75, 3.05) is 25.5 Å². The van der Waals surface area contributed by atoms with Crippen molar-refractivity contribution < 1.29 is 14.1 Å². The van der Waals surface area contributed by atoms with Crippen molar-refractivity contribution in [1.29, 1.82) is 0 Å². The number of anilines is 1. The summed E-state index contributed by atoms with van der Waals surface area (Å²) in [6.45, 7) is 2.81. The molecule has 1 amide bonds. The Bertz CT molecular complexity index is 573. The molecule has 0 spiro atoms. The molecule has 1 aliphatic carbocycles. The second-order valence-electron chi connectivity index (χ2n) is 5.27. The summed E-state index contributed by atoms with van der Waals surface area (Å²) in [4.78, 5) is 24.2. The van der Waals surface area contributed by atoms with Crippen LogP contribution in [-0.2, 0) is 0 Å². The highest BCUT2D eigenvalue weighted by atomic mass is 19.1. The maximum absolute atomic E-state index is 13.8. The first-order valence-electron chi connectivity index (χ1n) is 6.91. The van der Waals surface area contributed by atoms with Gasteiger partial charge in [-0.05, 0) is 31.7 Å². The topological polar surface area (TPSA) is 75.5 Å². The lowest BCUT2D eigenvalue weighted by Crippen LogP contribution is -2.29. The van der Waals surface area contributed by atoms with Crippen LogP contribution in [0.15, 0.2) is 12.1 Å². The maximum Gasteiger partial charge on any atom is 0.285 e. The molecule has 0 saturated heterocycles. The van der Waals surface area contributed by atoms with Crippen LogP contribution in [0.5, 0.6) is 0 Å². The highest BCUT2D eigenvalue weighted by Gasteiger charge is 2.29. The smallest absolute Gasteiger partial charge is 0.285 e. The Balaban J connectivity index is 2.35. The minimum absolute atomic E-state index is 0.0829. The zero-order valence-corrected chi connectivity index (χ0v) is 12.1. The Morgan fingerprint density at radius 2 is 2.19 bits per heavy atom. The molecule has 114 valence electrons. The predicted molar refractivity (Wildman–Crippen MR) is 76.9 cm³/mol. The van der Waals surface area contributed by atoms with E-state index in [1.54, 1.807) is 14.0 Å². The average molecular weight is 295 g/mol. The van der Waals surface area contributed by atoms with Gasteiger partial charge in [-0.25, -0.2) is 4.39 Å². The average Bonchev–Trinajstić information content (AvgIpc) is 3.23. The fourth-order valence-corrected chi connectivity index (χ4v) is 2.19. The number of nitro groups is 1. The van der Waals surface area contributed by atoms with Gasteiger partial charge in [0.1, 0.15) is 5.56 Å². The largest absolute Gasteiger partial charge is 0.383 e. The van der Waals surface area contributed by atoms with Crippen LogP contribution in [0.2, 0.25) is 0 Å². The lowest BCUT2D eigenvalue weighted by Gasteiger charge is -2.17. The van der Waals surface area contributed by atoms with Gasteiger partial charge in [0.15, 0.2) is 5.82 Å². The van der Waals surface area contributed by atoms with E-state index in [0.717, 1.165) is 18.9 Å². The predicted octanol–water partition coefficient (Wildman–Crippen LogP) is 2.65. The Hall–Kier alpha value is -2.18. The van der Waals surface area contributed by atoms with Crippen LogP contribution in [0, 0.1) is 21.8 Å². The first-order chi connectivity index (χ1) is 9.93. The number of amides is 1. The van der Waals surface area contributed by atoms with Crippen LogP contribution in [0.4, 0.5) is 15.8 Å². The molecule has 1 aromatic carbocycles. The normalized spacial score (nSPS) is 13.9. The van der Waals surface area contributed by atoms with Gasteiger partial charge in [0, 0.05) is 20.1 Å². The number of carbonyl (C=O) groups is 1. The highest BCUT2D eigenvalue weighted by Crippen LogP contribution is 2.31. The van der Waals surface area contributed by atoms with Crippen LogP contribution in [0.25, 0.3) is 0 Å². The summed E-state index contributed by atoms with van der Waals surface area (Å²) in [7, 11) is 1.61. The molecule has 1 saturated carbocycles. The molecule has 1 aromatic rings. The minimum atomic E-state index is -0.732. The van der Waals surface area contributed by atoms with Crippen LogP contribution in [0.3, 0.4) is 0 Å². The summed E-state index contributed by atoms with van der Waals surface area (Å²) in [6.07, 6.45) is 2.15. The van der Waals surface area contributed by atoms with Gasteiger partial charge in [-0.15, -0.1) is 0 Å².